The molecular weight excluding hydrogens is 355 g/mol. The average molecular weight is 373 g/mol. The van der Waals surface area contributed by atoms with E-state index in [1.165, 1.54) is 7.11 Å². The average Bonchev–Trinajstić information content (AvgIpc) is 3.45. The molecule has 0 aliphatic carbocycles. The summed E-state index contributed by atoms with van der Waals surface area (Å²) < 4.78 is 52.6. The Morgan fingerprint density at radius 1 is 0.963 bits per heavy atom. The summed E-state index contributed by atoms with van der Waals surface area (Å²) >= 11 is 0. The first-order chi connectivity index (χ1) is 12.9. The summed E-state index contributed by atoms with van der Waals surface area (Å²) in [5.41, 5.74) is 5.24. The fraction of sp³-hybridized carbons (Fsp3) is 0.238. The summed E-state index contributed by atoms with van der Waals surface area (Å²) in [7, 11) is 1.45. The van der Waals surface area contributed by atoms with Crippen LogP contribution in [0.3, 0.4) is 0 Å². The van der Waals surface area contributed by atoms with Crippen LogP contribution in [0.4, 0.5) is 18.9 Å². The number of halogens is 3. The van der Waals surface area contributed by atoms with Crippen LogP contribution in [0, 0.1) is 0 Å². The number of epoxide rings is 1. The minimum atomic E-state index is -4.53. The maximum absolute atomic E-state index is 14.0. The van der Waals surface area contributed by atoms with Crippen LogP contribution in [0.2, 0.25) is 0 Å². The van der Waals surface area contributed by atoms with E-state index in [4.69, 9.17) is 15.2 Å². The van der Waals surface area contributed by atoms with Crippen molar-refractivity contribution in [2.24, 2.45) is 0 Å². The topological polar surface area (TPSA) is 47.8 Å². The zero-order valence-corrected chi connectivity index (χ0v) is 14.6. The molecule has 0 saturated carbocycles. The number of hydrogen-bond donors (Lipinski definition) is 1. The number of anilines is 1. The lowest BCUT2D eigenvalue weighted by molar-refractivity contribution is -0.187. The van der Waals surface area contributed by atoms with Crippen molar-refractivity contribution in [1.29, 1.82) is 0 Å². The van der Waals surface area contributed by atoms with Crippen molar-refractivity contribution in [3.63, 3.8) is 0 Å². The van der Waals surface area contributed by atoms with E-state index >= 15 is 0 Å². The van der Waals surface area contributed by atoms with Gasteiger partial charge in [-0.15, -0.1) is 0 Å². The van der Waals surface area contributed by atoms with E-state index in [1.54, 1.807) is 54.6 Å². The van der Waals surface area contributed by atoms with Gasteiger partial charge >= 0.3 is 6.18 Å². The number of benzene rings is 3. The van der Waals surface area contributed by atoms with Crippen LogP contribution in [0.15, 0.2) is 60.7 Å². The van der Waals surface area contributed by atoms with Crippen LogP contribution >= 0.6 is 0 Å². The third-order valence-electron chi connectivity index (χ3n) is 5.15. The van der Waals surface area contributed by atoms with Gasteiger partial charge in [0.15, 0.2) is 5.60 Å². The number of fused-ring (bicyclic) bond motifs is 1. The van der Waals surface area contributed by atoms with Crippen molar-refractivity contribution in [2.45, 2.75) is 17.7 Å². The summed E-state index contributed by atoms with van der Waals surface area (Å²) in [6.45, 7) is -0.391. The highest BCUT2D eigenvalue weighted by molar-refractivity contribution is 5.95. The van der Waals surface area contributed by atoms with Gasteiger partial charge in [-0.3, -0.25) is 0 Å². The molecule has 2 N–H and O–H groups in total. The second-order valence-electron chi connectivity index (χ2n) is 6.64. The molecule has 0 radical (unpaired) electrons. The first-order valence-corrected chi connectivity index (χ1v) is 8.50. The molecule has 1 aliphatic rings. The molecule has 0 amide bonds. The second kappa shape index (κ2) is 6.16. The molecule has 0 bridgehead atoms. The summed E-state index contributed by atoms with van der Waals surface area (Å²) in [4.78, 5) is 0. The maximum atomic E-state index is 14.0. The van der Waals surface area contributed by atoms with Crippen molar-refractivity contribution < 1.29 is 22.6 Å². The lowest BCUT2D eigenvalue weighted by Crippen LogP contribution is -2.39. The van der Waals surface area contributed by atoms with Crippen molar-refractivity contribution in [2.75, 3.05) is 19.5 Å². The van der Waals surface area contributed by atoms with Crippen LogP contribution < -0.4 is 10.5 Å². The predicted octanol–water partition coefficient (Wildman–Crippen LogP) is 4.89. The molecule has 1 heterocycles. The minimum Gasteiger partial charge on any atom is -0.496 e. The molecule has 3 aromatic carbocycles. The number of rotatable bonds is 4. The molecule has 2 atom stereocenters. The van der Waals surface area contributed by atoms with Gasteiger partial charge in [0.1, 0.15) is 5.75 Å². The fourth-order valence-electron chi connectivity index (χ4n) is 3.76. The Morgan fingerprint density at radius 3 is 2.26 bits per heavy atom. The SMILES string of the molecule is COc1ccccc1C(c1cccc2c(N)cccc12)C1(C(F)(F)F)CO1. The first-order valence-electron chi connectivity index (χ1n) is 8.50. The smallest absolute Gasteiger partial charge is 0.420 e. The lowest BCUT2D eigenvalue weighted by Gasteiger charge is -2.29. The van der Waals surface area contributed by atoms with Crippen LogP contribution in [0.25, 0.3) is 10.8 Å². The Bertz CT molecular complexity index is 996. The summed E-state index contributed by atoms with van der Waals surface area (Å²) in [6, 6.07) is 17.3. The molecular formula is C21H18F3NO2. The largest absolute Gasteiger partial charge is 0.496 e. The second-order valence-corrected chi connectivity index (χ2v) is 6.64. The molecule has 3 aromatic rings. The Kier molecular flexibility index (Phi) is 4.03. The van der Waals surface area contributed by atoms with Crippen molar-refractivity contribution in [1.82, 2.24) is 0 Å². The summed E-state index contributed by atoms with van der Waals surface area (Å²) in [6.07, 6.45) is -4.53. The number of para-hydroxylation sites is 1. The highest BCUT2D eigenvalue weighted by atomic mass is 19.4. The van der Waals surface area contributed by atoms with E-state index in [-0.39, 0.29) is 0 Å². The van der Waals surface area contributed by atoms with Crippen molar-refractivity contribution in [3.05, 3.63) is 71.8 Å². The quantitative estimate of drug-likeness (QED) is 0.523. The van der Waals surface area contributed by atoms with E-state index in [1.807, 2.05) is 6.07 Å². The molecule has 0 spiro atoms. The molecule has 3 nitrogen and oxygen atoms in total. The van der Waals surface area contributed by atoms with E-state index in [9.17, 15) is 13.2 Å². The number of methoxy groups -OCH3 is 1. The van der Waals surface area contributed by atoms with Gasteiger partial charge in [-0.2, -0.15) is 13.2 Å². The van der Waals surface area contributed by atoms with Crippen LogP contribution in [0.1, 0.15) is 17.0 Å². The monoisotopic (exact) mass is 373 g/mol. The third kappa shape index (κ3) is 2.72. The molecule has 4 rings (SSSR count). The van der Waals surface area contributed by atoms with Gasteiger partial charge in [0.05, 0.1) is 19.6 Å². The molecule has 1 fully saturated rings. The highest BCUT2D eigenvalue weighted by Gasteiger charge is 2.71. The number of ether oxygens (including phenoxy) is 2. The minimum absolute atomic E-state index is 0.391. The zero-order valence-electron chi connectivity index (χ0n) is 14.6. The third-order valence-corrected chi connectivity index (χ3v) is 5.15. The standard InChI is InChI=1S/C21H18F3NO2/c1-26-18-11-3-2-6-16(18)19(20(12-27-20)21(22,23)24)15-9-4-8-14-13(15)7-5-10-17(14)25/h2-11,19H,12,25H2,1H3. The first kappa shape index (κ1) is 17.7. The molecule has 27 heavy (non-hydrogen) atoms. The normalized spacial score (nSPS) is 20.4. The molecule has 1 saturated heterocycles. The van der Waals surface area contributed by atoms with Gasteiger partial charge in [0.25, 0.3) is 0 Å². The molecule has 140 valence electrons. The Morgan fingerprint density at radius 2 is 1.59 bits per heavy atom. The van der Waals surface area contributed by atoms with E-state index < -0.39 is 24.3 Å². The lowest BCUT2D eigenvalue weighted by atomic mass is 9.78. The van der Waals surface area contributed by atoms with Crippen molar-refractivity contribution in [3.8, 4) is 5.75 Å². The van der Waals surface area contributed by atoms with Gasteiger partial charge < -0.3 is 15.2 Å². The van der Waals surface area contributed by atoms with E-state index in [0.717, 1.165) is 0 Å². The Hall–Kier alpha value is -2.73. The maximum Gasteiger partial charge on any atom is 0.420 e. The van der Waals surface area contributed by atoms with Crippen LogP contribution in [-0.2, 0) is 4.74 Å². The number of alkyl halides is 3. The fourth-order valence-corrected chi connectivity index (χ4v) is 3.76. The van der Waals surface area contributed by atoms with Gasteiger partial charge in [0, 0.05) is 16.6 Å². The summed E-state index contributed by atoms with van der Waals surface area (Å²) in [5, 5.41) is 1.39. The Labute approximate surface area is 154 Å². The predicted molar refractivity (Wildman–Crippen MR) is 97.9 cm³/mol. The van der Waals surface area contributed by atoms with Crippen LogP contribution in [-0.4, -0.2) is 25.5 Å². The van der Waals surface area contributed by atoms with Gasteiger partial charge in [0.2, 0.25) is 0 Å². The molecule has 0 aromatic heterocycles. The van der Waals surface area contributed by atoms with Gasteiger partial charge in [-0.1, -0.05) is 48.5 Å². The molecule has 6 heteroatoms. The van der Waals surface area contributed by atoms with E-state index in [2.05, 4.69) is 0 Å². The molecule has 1 aliphatic heterocycles. The van der Waals surface area contributed by atoms with Crippen LogP contribution in [0.5, 0.6) is 5.75 Å². The zero-order chi connectivity index (χ0) is 19.2. The summed E-state index contributed by atoms with van der Waals surface area (Å²) in [5.74, 6) is -0.679. The molecule has 2 unspecified atom stereocenters. The van der Waals surface area contributed by atoms with E-state index in [0.29, 0.717) is 33.3 Å². The van der Waals surface area contributed by atoms with Crippen molar-refractivity contribution >= 4 is 16.5 Å². The number of nitrogen functional groups attached to an aromatic ring is 1. The number of nitrogens with two attached hydrogens (primary N) is 1. The van der Waals surface area contributed by atoms with Gasteiger partial charge in [-0.05, 0) is 23.1 Å². The number of hydrogen-bond acceptors (Lipinski definition) is 3. The van der Waals surface area contributed by atoms with Gasteiger partial charge in [-0.25, -0.2) is 0 Å². The Balaban J connectivity index is 2.03. The highest BCUT2D eigenvalue weighted by Crippen LogP contribution is 2.57.